The molecule has 0 radical (unpaired) electrons. The maximum absolute atomic E-state index is 5.74. The Morgan fingerprint density at radius 1 is 1.50 bits per heavy atom. The van der Waals surface area contributed by atoms with Crippen molar-refractivity contribution in [3.8, 4) is 0 Å². The zero-order chi connectivity index (χ0) is 9.30. The molecule has 1 heterocycles. The summed E-state index contributed by atoms with van der Waals surface area (Å²) in [5.41, 5.74) is 6.80. The standard InChI is InChI=1S/C8H14BrN3/c1-5(2)12-8(9)7(4-11-12)6(3)10/h4-6H,10H2,1-3H3. The van der Waals surface area contributed by atoms with Gasteiger partial charge in [-0.05, 0) is 36.7 Å². The van der Waals surface area contributed by atoms with Crippen LogP contribution in [0.1, 0.15) is 38.4 Å². The molecule has 0 bridgehead atoms. The molecule has 0 amide bonds. The van der Waals surface area contributed by atoms with Crippen LogP contribution in [0.15, 0.2) is 10.8 Å². The Labute approximate surface area is 81.1 Å². The van der Waals surface area contributed by atoms with Gasteiger partial charge in [-0.15, -0.1) is 0 Å². The van der Waals surface area contributed by atoms with Crippen LogP contribution in [0.4, 0.5) is 0 Å². The molecule has 12 heavy (non-hydrogen) atoms. The molecule has 1 rings (SSSR count). The first-order valence-corrected chi connectivity index (χ1v) is 4.81. The Bertz CT molecular complexity index is 240. The van der Waals surface area contributed by atoms with E-state index < -0.39 is 0 Å². The summed E-state index contributed by atoms with van der Waals surface area (Å²) in [5.74, 6) is 0. The number of hydrogen-bond donors (Lipinski definition) is 1. The van der Waals surface area contributed by atoms with Crippen LogP contribution in [-0.4, -0.2) is 9.78 Å². The second-order valence-electron chi connectivity index (χ2n) is 3.22. The Balaban J connectivity index is 3.04. The number of nitrogens with zero attached hydrogens (tertiary/aromatic N) is 2. The Morgan fingerprint density at radius 3 is 2.33 bits per heavy atom. The Morgan fingerprint density at radius 2 is 2.08 bits per heavy atom. The van der Waals surface area contributed by atoms with Gasteiger partial charge in [0.2, 0.25) is 0 Å². The van der Waals surface area contributed by atoms with E-state index in [1.807, 2.05) is 17.8 Å². The van der Waals surface area contributed by atoms with Crippen molar-refractivity contribution in [1.29, 1.82) is 0 Å². The predicted octanol–water partition coefficient (Wildman–Crippen LogP) is 2.25. The third-order valence-corrected chi connectivity index (χ3v) is 2.56. The lowest BCUT2D eigenvalue weighted by Gasteiger charge is -2.08. The minimum absolute atomic E-state index is 0.0341. The van der Waals surface area contributed by atoms with Gasteiger partial charge >= 0.3 is 0 Å². The molecule has 0 fully saturated rings. The quantitative estimate of drug-likeness (QED) is 0.849. The predicted molar refractivity (Wildman–Crippen MR) is 52.9 cm³/mol. The van der Waals surface area contributed by atoms with Gasteiger partial charge in [-0.2, -0.15) is 5.10 Å². The zero-order valence-corrected chi connectivity index (χ0v) is 9.17. The molecule has 1 aromatic heterocycles. The number of aromatic nitrogens is 2. The van der Waals surface area contributed by atoms with E-state index in [-0.39, 0.29) is 6.04 Å². The molecule has 3 nitrogen and oxygen atoms in total. The third kappa shape index (κ3) is 1.69. The number of hydrogen-bond acceptors (Lipinski definition) is 2. The third-order valence-electron chi connectivity index (χ3n) is 1.74. The molecule has 68 valence electrons. The van der Waals surface area contributed by atoms with Gasteiger partial charge in [0.25, 0.3) is 0 Å². The van der Waals surface area contributed by atoms with E-state index in [1.54, 1.807) is 0 Å². The van der Waals surface area contributed by atoms with Gasteiger partial charge in [0, 0.05) is 17.6 Å². The summed E-state index contributed by atoms with van der Waals surface area (Å²) in [4.78, 5) is 0. The summed E-state index contributed by atoms with van der Waals surface area (Å²) < 4.78 is 2.91. The van der Waals surface area contributed by atoms with Crippen molar-refractivity contribution >= 4 is 15.9 Å². The summed E-state index contributed by atoms with van der Waals surface area (Å²) in [6, 6.07) is 0.402. The van der Waals surface area contributed by atoms with E-state index in [9.17, 15) is 0 Å². The molecule has 0 aliphatic heterocycles. The van der Waals surface area contributed by atoms with Crippen LogP contribution >= 0.6 is 15.9 Å². The highest BCUT2D eigenvalue weighted by atomic mass is 79.9. The number of nitrogens with two attached hydrogens (primary N) is 1. The molecule has 2 N–H and O–H groups in total. The largest absolute Gasteiger partial charge is 0.324 e. The average molecular weight is 232 g/mol. The summed E-state index contributed by atoms with van der Waals surface area (Å²) in [5, 5.41) is 4.23. The molecule has 4 heteroatoms. The first-order valence-electron chi connectivity index (χ1n) is 4.02. The molecular formula is C8H14BrN3. The van der Waals surface area contributed by atoms with E-state index in [0.717, 1.165) is 10.2 Å². The summed E-state index contributed by atoms with van der Waals surface area (Å²) in [6.07, 6.45) is 1.81. The van der Waals surface area contributed by atoms with Crippen LogP contribution in [0.25, 0.3) is 0 Å². The molecule has 0 aliphatic carbocycles. The minimum Gasteiger partial charge on any atom is -0.324 e. The van der Waals surface area contributed by atoms with Crippen molar-refractivity contribution in [3.63, 3.8) is 0 Å². The van der Waals surface area contributed by atoms with Crippen LogP contribution in [-0.2, 0) is 0 Å². The lowest BCUT2D eigenvalue weighted by Crippen LogP contribution is -2.06. The normalized spacial score (nSPS) is 13.8. The zero-order valence-electron chi connectivity index (χ0n) is 7.58. The van der Waals surface area contributed by atoms with Crippen LogP contribution in [0.3, 0.4) is 0 Å². The molecular weight excluding hydrogens is 218 g/mol. The topological polar surface area (TPSA) is 43.8 Å². The molecule has 1 aromatic rings. The first-order chi connectivity index (χ1) is 5.54. The SMILES string of the molecule is CC(N)c1cnn(C(C)C)c1Br. The van der Waals surface area contributed by atoms with Gasteiger partial charge in [0.15, 0.2) is 0 Å². The van der Waals surface area contributed by atoms with Crippen LogP contribution in [0.5, 0.6) is 0 Å². The smallest absolute Gasteiger partial charge is 0.109 e. The Kier molecular flexibility index (Phi) is 2.90. The highest BCUT2D eigenvalue weighted by Gasteiger charge is 2.12. The fraction of sp³-hybridized carbons (Fsp3) is 0.625. The van der Waals surface area contributed by atoms with Crippen molar-refractivity contribution in [3.05, 3.63) is 16.4 Å². The summed E-state index contributed by atoms with van der Waals surface area (Å²) in [7, 11) is 0. The van der Waals surface area contributed by atoms with Crippen LogP contribution in [0.2, 0.25) is 0 Å². The van der Waals surface area contributed by atoms with Crippen molar-refractivity contribution in [2.24, 2.45) is 5.73 Å². The van der Waals surface area contributed by atoms with Crippen molar-refractivity contribution in [1.82, 2.24) is 9.78 Å². The van der Waals surface area contributed by atoms with Gasteiger partial charge in [0.05, 0.1) is 6.20 Å². The first kappa shape index (κ1) is 9.74. The average Bonchev–Trinajstić information content (AvgIpc) is 2.30. The van der Waals surface area contributed by atoms with Crippen LogP contribution in [0, 0.1) is 0 Å². The van der Waals surface area contributed by atoms with Crippen LogP contribution < -0.4 is 5.73 Å². The van der Waals surface area contributed by atoms with Gasteiger partial charge in [-0.25, -0.2) is 0 Å². The van der Waals surface area contributed by atoms with E-state index in [1.165, 1.54) is 0 Å². The minimum atomic E-state index is 0.0341. The molecule has 0 saturated carbocycles. The summed E-state index contributed by atoms with van der Waals surface area (Å²) in [6.45, 7) is 6.12. The van der Waals surface area contributed by atoms with Crippen molar-refractivity contribution in [2.45, 2.75) is 32.9 Å². The lowest BCUT2D eigenvalue weighted by molar-refractivity contribution is 0.520. The fourth-order valence-electron chi connectivity index (χ4n) is 1.03. The maximum Gasteiger partial charge on any atom is 0.109 e. The maximum atomic E-state index is 5.74. The van der Waals surface area contributed by atoms with Gasteiger partial charge in [-0.3, -0.25) is 4.68 Å². The number of rotatable bonds is 2. The van der Waals surface area contributed by atoms with Gasteiger partial charge < -0.3 is 5.73 Å². The molecule has 0 saturated heterocycles. The van der Waals surface area contributed by atoms with E-state index in [2.05, 4.69) is 34.9 Å². The van der Waals surface area contributed by atoms with E-state index in [4.69, 9.17) is 5.73 Å². The molecule has 1 unspecified atom stereocenters. The Hall–Kier alpha value is -0.350. The highest BCUT2D eigenvalue weighted by molar-refractivity contribution is 9.10. The highest BCUT2D eigenvalue weighted by Crippen LogP contribution is 2.23. The monoisotopic (exact) mass is 231 g/mol. The fourth-order valence-corrected chi connectivity index (χ4v) is 1.99. The lowest BCUT2D eigenvalue weighted by atomic mass is 10.2. The number of halogens is 1. The van der Waals surface area contributed by atoms with Crippen molar-refractivity contribution in [2.75, 3.05) is 0 Å². The molecule has 0 aromatic carbocycles. The van der Waals surface area contributed by atoms with Gasteiger partial charge in [0.1, 0.15) is 4.60 Å². The molecule has 0 aliphatic rings. The summed E-state index contributed by atoms with van der Waals surface area (Å²) >= 11 is 3.47. The second-order valence-corrected chi connectivity index (χ2v) is 3.97. The van der Waals surface area contributed by atoms with E-state index in [0.29, 0.717) is 6.04 Å². The van der Waals surface area contributed by atoms with Gasteiger partial charge in [-0.1, -0.05) is 0 Å². The van der Waals surface area contributed by atoms with Crippen molar-refractivity contribution < 1.29 is 0 Å². The second kappa shape index (κ2) is 3.58. The molecule has 1 atom stereocenters. The molecule has 0 spiro atoms. The van der Waals surface area contributed by atoms with E-state index >= 15 is 0 Å².